The summed E-state index contributed by atoms with van der Waals surface area (Å²) in [4.78, 5) is 18.9. The molecular formula is C19H29IN4O. The van der Waals surface area contributed by atoms with Gasteiger partial charge in [-0.25, -0.2) is 4.99 Å². The minimum Gasteiger partial charge on any atom is -0.357 e. The zero-order valence-corrected chi connectivity index (χ0v) is 17.3. The molecule has 1 heterocycles. The predicted molar refractivity (Wildman–Crippen MR) is 115 cm³/mol. The van der Waals surface area contributed by atoms with Crippen molar-refractivity contribution in [2.24, 2.45) is 4.99 Å². The smallest absolute Gasteiger partial charge is 0.253 e. The van der Waals surface area contributed by atoms with E-state index in [1.807, 2.05) is 36.1 Å². The molecule has 25 heavy (non-hydrogen) atoms. The molecule has 0 atom stereocenters. The van der Waals surface area contributed by atoms with E-state index in [4.69, 9.17) is 0 Å². The van der Waals surface area contributed by atoms with Crippen LogP contribution < -0.4 is 10.6 Å². The Kier molecular flexibility index (Phi) is 10.2. The molecule has 6 heteroatoms. The molecule has 1 fully saturated rings. The molecule has 2 rings (SSSR count). The maximum atomic E-state index is 12.4. The molecular weight excluding hydrogens is 427 g/mol. The van der Waals surface area contributed by atoms with E-state index in [0.29, 0.717) is 13.1 Å². The Morgan fingerprint density at radius 2 is 1.88 bits per heavy atom. The number of carbonyl (C=O) groups is 1. The minimum atomic E-state index is 0. The van der Waals surface area contributed by atoms with Gasteiger partial charge in [-0.05, 0) is 43.9 Å². The second-order valence-electron chi connectivity index (χ2n) is 5.91. The highest BCUT2D eigenvalue weighted by atomic mass is 127. The van der Waals surface area contributed by atoms with Gasteiger partial charge in [0.15, 0.2) is 5.96 Å². The number of nitrogens with zero attached hydrogens (tertiary/aromatic N) is 2. The lowest BCUT2D eigenvalue weighted by Crippen LogP contribution is -2.37. The number of guanidine groups is 1. The van der Waals surface area contributed by atoms with Crippen LogP contribution in [-0.4, -0.2) is 42.9 Å². The van der Waals surface area contributed by atoms with Gasteiger partial charge in [0, 0.05) is 31.7 Å². The quantitative estimate of drug-likeness (QED) is 0.299. The maximum Gasteiger partial charge on any atom is 0.253 e. The zero-order chi connectivity index (χ0) is 17.2. The van der Waals surface area contributed by atoms with Gasteiger partial charge < -0.3 is 15.5 Å². The Bertz CT molecular complexity index is 565. The van der Waals surface area contributed by atoms with Crippen molar-refractivity contribution < 1.29 is 4.79 Å². The van der Waals surface area contributed by atoms with Crippen molar-refractivity contribution in [2.75, 3.05) is 26.2 Å². The molecule has 2 N–H and O–H groups in total. The van der Waals surface area contributed by atoms with E-state index in [9.17, 15) is 4.79 Å². The van der Waals surface area contributed by atoms with E-state index in [2.05, 4.69) is 22.2 Å². The lowest BCUT2D eigenvalue weighted by atomic mass is 10.1. The van der Waals surface area contributed by atoms with Gasteiger partial charge in [0.1, 0.15) is 0 Å². The number of benzene rings is 1. The van der Waals surface area contributed by atoms with Crippen molar-refractivity contribution in [2.45, 2.75) is 32.7 Å². The summed E-state index contributed by atoms with van der Waals surface area (Å²) < 4.78 is 0. The fraction of sp³-hybridized carbons (Fsp3) is 0.474. The van der Waals surface area contributed by atoms with Crippen molar-refractivity contribution in [1.29, 1.82) is 0 Å². The van der Waals surface area contributed by atoms with E-state index in [0.717, 1.165) is 49.6 Å². The van der Waals surface area contributed by atoms with Crippen molar-refractivity contribution in [3.05, 3.63) is 48.0 Å². The van der Waals surface area contributed by atoms with Gasteiger partial charge in [-0.15, -0.1) is 30.6 Å². The van der Waals surface area contributed by atoms with Crippen molar-refractivity contribution in [3.63, 3.8) is 0 Å². The standard InChI is InChI=1S/C19H28N4O.HI/c1-3-12-21-19(20-4-2)22-15-16-8-10-17(11-9-16)18(24)23-13-6-5-7-14-23;/h3,8-11H,1,4-7,12-15H2,2H3,(H2,20,21,22);1H. The van der Waals surface area contributed by atoms with Crippen LogP contribution in [0.2, 0.25) is 0 Å². The number of aliphatic imine (C=N–C) groups is 1. The number of nitrogens with one attached hydrogen (secondary N) is 2. The molecule has 1 saturated heterocycles. The van der Waals surface area contributed by atoms with Crippen LogP contribution in [0.1, 0.15) is 42.1 Å². The van der Waals surface area contributed by atoms with Crippen LogP contribution in [0.25, 0.3) is 0 Å². The molecule has 0 spiro atoms. The minimum absolute atomic E-state index is 0. The van der Waals surface area contributed by atoms with Crippen LogP contribution in [-0.2, 0) is 6.54 Å². The Morgan fingerprint density at radius 1 is 1.20 bits per heavy atom. The highest BCUT2D eigenvalue weighted by Gasteiger charge is 2.17. The summed E-state index contributed by atoms with van der Waals surface area (Å²) in [5.74, 6) is 0.914. The van der Waals surface area contributed by atoms with E-state index < -0.39 is 0 Å². The second-order valence-corrected chi connectivity index (χ2v) is 5.91. The number of amides is 1. The molecule has 0 aliphatic carbocycles. The van der Waals surface area contributed by atoms with E-state index in [1.54, 1.807) is 6.08 Å². The molecule has 1 aromatic rings. The zero-order valence-electron chi connectivity index (χ0n) is 15.0. The largest absolute Gasteiger partial charge is 0.357 e. The molecule has 0 bridgehead atoms. The van der Waals surface area contributed by atoms with Crippen LogP contribution >= 0.6 is 24.0 Å². The summed E-state index contributed by atoms with van der Waals surface area (Å²) in [6, 6.07) is 7.78. The van der Waals surface area contributed by atoms with Gasteiger partial charge in [0.05, 0.1) is 6.54 Å². The predicted octanol–water partition coefficient (Wildman–Crippen LogP) is 3.17. The first kappa shape index (κ1) is 21.5. The Morgan fingerprint density at radius 3 is 2.48 bits per heavy atom. The molecule has 1 aliphatic rings. The second kappa shape index (κ2) is 11.9. The number of hydrogen-bond acceptors (Lipinski definition) is 2. The number of piperidine rings is 1. The molecule has 0 radical (unpaired) electrons. The highest BCUT2D eigenvalue weighted by Crippen LogP contribution is 2.14. The summed E-state index contributed by atoms with van der Waals surface area (Å²) >= 11 is 0. The Hall–Kier alpha value is -1.57. The average Bonchev–Trinajstić information content (AvgIpc) is 2.64. The fourth-order valence-corrected chi connectivity index (χ4v) is 2.71. The summed E-state index contributed by atoms with van der Waals surface area (Å²) in [5.41, 5.74) is 1.85. The number of halogens is 1. The van der Waals surface area contributed by atoms with Gasteiger partial charge in [-0.2, -0.15) is 0 Å². The average molecular weight is 456 g/mol. The van der Waals surface area contributed by atoms with Crippen LogP contribution in [0.4, 0.5) is 0 Å². The first-order valence-corrected chi connectivity index (χ1v) is 8.76. The number of likely N-dealkylation sites (tertiary alicyclic amines) is 1. The van der Waals surface area contributed by atoms with Crippen LogP contribution in [0.5, 0.6) is 0 Å². The molecule has 138 valence electrons. The van der Waals surface area contributed by atoms with Crippen molar-refractivity contribution in [3.8, 4) is 0 Å². The molecule has 0 aromatic heterocycles. The number of rotatable bonds is 6. The van der Waals surface area contributed by atoms with E-state index in [-0.39, 0.29) is 29.9 Å². The van der Waals surface area contributed by atoms with E-state index in [1.165, 1.54) is 6.42 Å². The van der Waals surface area contributed by atoms with Gasteiger partial charge >= 0.3 is 0 Å². The van der Waals surface area contributed by atoms with Gasteiger partial charge in [0.25, 0.3) is 5.91 Å². The Labute approximate surface area is 168 Å². The number of carbonyl (C=O) groups excluding carboxylic acids is 1. The molecule has 1 amide bonds. The lowest BCUT2D eigenvalue weighted by Gasteiger charge is -2.26. The molecule has 1 aromatic carbocycles. The summed E-state index contributed by atoms with van der Waals surface area (Å²) in [6.07, 6.45) is 5.26. The van der Waals surface area contributed by atoms with Crippen LogP contribution in [0.3, 0.4) is 0 Å². The lowest BCUT2D eigenvalue weighted by molar-refractivity contribution is 0.0724. The van der Waals surface area contributed by atoms with E-state index >= 15 is 0 Å². The van der Waals surface area contributed by atoms with Crippen LogP contribution in [0.15, 0.2) is 41.9 Å². The maximum absolute atomic E-state index is 12.4. The molecule has 1 aliphatic heterocycles. The third kappa shape index (κ3) is 7.05. The third-order valence-corrected chi connectivity index (χ3v) is 4.02. The van der Waals surface area contributed by atoms with Crippen LogP contribution in [0, 0.1) is 0 Å². The molecule has 5 nitrogen and oxygen atoms in total. The van der Waals surface area contributed by atoms with Gasteiger partial charge in [-0.1, -0.05) is 18.2 Å². The van der Waals surface area contributed by atoms with Crippen molar-refractivity contribution >= 4 is 35.8 Å². The summed E-state index contributed by atoms with van der Waals surface area (Å²) in [6.45, 7) is 9.55. The first-order chi connectivity index (χ1) is 11.7. The molecule has 0 saturated carbocycles. The highest BCUT2D eigenvalue weighted by molar-refractivity contribution is 14.0. The topological polar surface area (TPSA) is 56.7 Å². The summed E-state index contributed by atoms with van der Waals surface area (Å²) in [7, 11) is 0. The number of hydrogen-bond donors (Lipinski definition) is 2. The fourth-order valence-electron chi connectivity index (χ4n) is 2.71. The normalized spacial score (nSPS) is 14.4. The monoisotopic (exact) mass is 456 g/mol. The first-order valence-electron chi connectivity index (χ1n) is 8.76. The van der Waals surface area contributed by atoms with Gasteiger partial charge in [0.2, 0.25) is 0 Å². The van der Waals surface area contributed by atoms with Crippen molar-refractivity contribution in [1.82, 2.24) is 15.5 Å². The summed E-state index contributed by atoms with van der Waals surface area (Å²) in [5, 5.41) is 6.36. The SMILES string of the molecule is C=CCNC(=NCc1ccc(C(=O)N2CCCCC2)cc1)NCC.I. The third-order valence-electron chi connectivity index (χ3n) is 4.02. The Balaban J connectivity index is 0.00000312. The van der Waals surface area contributed by atoms with Gasteiger partial charge in [-0.3, -0.25) is 4.79 Å². The molecule has 0 unspecified atom stereocenters.